The van der Waals surface area contributed by atoms with Gasteiger partial charge in [-0.15, -0.1) is 0 Å². The summed E-state index contributed by atoms with van der Waals surface area (Å²) in [5.74, 6) is 0.536. The maximum atomic E-state index is 11.1. The van der Waals surface area contributed by atoms with Crippen LogP contribution in [0.25, 0.3) is 10.9 Å². The number of carbonyl (C=O) groups excluding carboxylic acids is 1. The van der Waals surface area contributed by atoms with Crippen LogP contribution in [0, 0.1) is 5.92 Å². The lowest BCUT2D eigenvalue weighted by molar-refractivity contribution is -0.119. The van der Waals surface area contributed by atoms with E-state index in [9.17, 15) is 4.79 Å². The molecule has 1 atom stereocenters. The first kappa shape index (κ1) is 15.1. The number of aromatic nitrogens is 1. The summed E-state index contributed by atoms with van der Waals surface area (Å²) in [6.45, 7) is 4.32. The zero-order chi connectivity index (χ0) is 15.5. The van der Waals surface area contributed by atoms with Crippen LogP contribution in [0.2, 0.25) is 5.02 Å². The highest BCUT2D eigenvalue weighted by Crippen LogP contribution is 2.30. The molecule has 1 unspecified atom stereocenters. The third-order valence-corrected chi connectivity index (χ3v) is 4.42. The molecule has 1 aromatic carbocycles. The Morgan fingerprint density at radius 2 is 2.32 bits per heavy atom. The Kier molecular flexibility index (Phi) is 4.48. The van der Waals surface area contributed by atoms with Crippen molar-refractivity contribution in [3.05, 3.63) is 35.5 Å². The van der Waals surface area contributed by atoms with Gasteiger partial charge in [-0.05, 0) is 43.0 Å². The SMILES string of the molecule is CC(=O)NCC1CCCN(c2ccnc3cc(Cl)ccc23)C1. The number of pyridine rings is 1. The van der Waals surface area contributed by atoms with Gasteiger partial charge in [0.2, 0.25) is 5.91 Å². The van der Waals surface area contributed by atoms with Crippen molar-refractivity contribution >= 4 is 34.1 Å². The number of piperidine rings is 1. The largest absolute Gasteiger partial charge is 0.371 e. The van der Waals surface area contributed by atoms with E-state index in [1.54, 1.807) is 6.92 Å². The van der Waals surface area contributed by atoms with Crippen LogP contribution >= 0.6 is 11.6 Å². The van der Waals surface area contributed by atoms with Crippen LogP contribution in [0.5, 0.6) is 0 Å². The molecule has 22 heavy (non-hydrogen) atoms. The fourth-order valence-corrected chi connectivity index (χ4v) is 3.29. The van der Waals surface area contributed by atoms with Crippen molar-refractivity contribution < 1.29 is 4.79 Å². The van der Waals surface area contributed by atoms with Crippen molar-refractivity contribution in [2.75, 3.05) is 24.5 Å². The summed E-state index contributed by atoms with van der Waals surface area (Å²) < 4.78 is 0. The number of hydrogen-bond acceptors (Lipinski definition) is 3. The molecule has 116 valence electrons. The van der Waals surface area contributed by atoms with E-state index in [1.165, 1.54) is 5.69 Å². The topological polar surface area (TPSA) is 45.2 Å². The van der Waals surface area contributed by atoms with Gasteiger partial charge in [-0.2, -0.15) is 0 Å². The smallest absolute Gasteiger partial charge is 0.216 e. The van der Waals surface area contributed by atoms with Crippen LogP contribution < -0.4 is 10.2 Å². The van der Waals surface area contributed by atoms with Gasteiger partial charge in [0.15, 0.2) is 0 Å². The van der Waals surface area contributed by atoms with E-state index in [-0.39, 0.29) is 5.91 Å². The van der Waals surface area contributed by atoms with Gasteiger partial charge in [-0.3, -0.25) is 9.78 Å². The van der Waals surface area contributed by atoms with E-state index in [0.717, 1.165) is 43.4 Å². The quantitative estimate of drug-likeness (QED) is 0.945. The Morgan fingerprint density at radius 1 is 1.45 bits per heavy atom. The first-order chi connectivity index (χ1) is 10.6. The third-order valence-electron chi connectivity index (χ3n) is 4.18. The van der Waals surface area contributed by atoms with Crippen LogP contribution in [0.4, 0.5) is 5.69 Å². The molecule has 5 heteroatoms. The molecule has 0 aliphatic carbocycles. The van der Waals surface area contributed by atoms with Gasteiger partial charge in [-0.1, -0.05) is 11.6 Å². The Labute approximate surface area is 135 Å². The Bertz CT molecular complexity index is 689. The van der Waals surface area contributed by atoms with E-state index >= 15 is 0 Å². The van der Waals surface area contributed by atoms with Crippen LogP contribution in [-0.2, 0) is 4.79 Å². The van der Waals surface area contributed by atoms with Gasteiger partial charge in [-0.25, -0.2) is 0 Å². The molecular formula is C17H20ClN3O. The van der Waals surface area contributed by atoms with Crippen molar-refractivity contribution in [3.63, 3.8) is 0 Å². The Morgan fingerprint density at radius 3 is 3.14 bits per heavy atom. The summed E-state index contributed by atoms with van der Waals surface area (Å²) >= 11 is 6.06. The molecule has 2 aromatic rings. The molecule has 1 fully saturated rings. The maximum Gasteiger partial charge on any atom is 0.216 e. The van der Waals surface area contributed by atoms with Gasteiger partial charge in [0, 0.05) is 48.9 Å². The molecule has 1 aromatic heterocycles. The summed E-state index contributed by atoms with van der Waals surface area (Å²) in [7, 11) is 0. The number of benzene rings is 1. The highest BCUT2D eigenvalue weighted by atomic mass is 35.5. The van der Waals surface area contributed by atoms with Gasteiger partial charge < -0.3 is 10.2 Å². The second kappa shape index (κ2) is 6.53. The summed E-state index contributed by atoms with van der Waals surface area (Å²) in [6.07, 6.45) is 4.14. The van der Waals surface area contributed by atoms with Crippen LogP contribution in [0.15, 0.2) is 30.5 Å². The fraction of sp³-hybridized carbons (Fsp3) is 0.412. The molecule has 2 heterocycles. The Hall–Kier alpha value is -1.81. The number of anilines is 1. The number of hydrogen-bond donors (Lipinski definition) is 1. The highest BCUT2D eigenvalue weighted by Gasteiger charge is 2.21. The Balaban J connectivity index is 1.82. The molecule has 0 radical (unpaired) electrons. The molecule has 0 saturated carbocycles. The lowest BCUT2D eigenvalue weighted by Crippen LogP contribution is -2.40. The molecule has 0 spiro atoms. The number of rotatable bonds is 3. The molecule has 1 aliphatic heterocycles. The average Bonchev–Trinajstić information content (AvgIpc) is 2.52. The van der Waals surface area contributed by atoms with E-state index in [0.29, 0.717) is 10.9 Å². The number of amides is 1. The average molecular weight is 318 g/mol. The van der Waals surface area contributed by atoms with Gasteiger partial charge in [0.1, 0.15) is 0 Å². The predicted octanol–water partition coefficient (Wildman–Crippen LogP) is 3.24. The first-order valence-corrected chi connectivity index (χ1v) is 8.05. The van der Waals surface area contributed by atoms with Gasteiger partial charge >= 0.3 is 0 Å². The first-order valence-electron chi connectivity index (χ1n) is 7.67. The second-order valence-electron chi connectivity index (χ2n) is 5.88. The minimum atomic E-state index is 0.0427. The summed E-state index contributed by atoms with van der Waals surface area (Å²) in [5, 5.41) is 4.78. The standard InChI is InChI=1S/C17H20ClN3O/c1-12(22)20-10-13-3-2-8-21(11-13)17-6-7-19-16-9-14(18)4-5-15(16)17/h4-7,9,13H,2-3,8,10-11H2,1H3,(H,20,22). The summed E-state index contributed by atoms with van der Waals surface area (Å²) in [6, 6.07) is 7.92. The normalized spacial score (nSPS) is 18.5. The number of carbonyl (C=O) groups is 1. The van der Waals surface area contributed by atoms with Crippen molar-refractivity contribution in [2.24, 2.45) is 5.92 Å². The molecule has 1 amide bonds. The number of nitrogens with zero attached hydrogens (tertiary/aromatic N) is 2. The van der Waals surface area contributed by atoms with E-state index in [4.69, 9.17) is 11.6 Å². The monoisotopic (exact) mass is 317 g/mol. The minimum Gasteiger partial charge on any atom is -0.371 e. The van der Waals surface area contributed by atoms with Crippen molar-refractivity contribution in [3.8, 4) is 0 Å². The maximum absolute atomic E-state index is 11.1. The number of halogens is 1. The zero-order valence-corrected chi connectivity index (χ0v) is 13.4. The third kappa shape index (κ3) is 3.33. The van der Waals surface area contributed by atoms with Crippen molar-refractivity contribution in [2.45, 2.75) is 19.8 Å². The van der Waals surface area contributed by atoms with Crippen molar-refractivity contribution in [1.82, 2.24) is 10.3 Å². The van der Waals surface area contributed by atoms with Crippen LogP contribution in [-0.4, -0.2) is 30.5 Å². The van der Waals surface area contributed by atoms with Crippen molar-refractivity contribution in [1.29, 1.82) is 0 Å². The molecule has 4 nitrogen and oxygen atoms in total. The van der Waals surface area contributed by atoms with E-state index < -0.39 is 0 Å². The van der Waals surface area contributed by atoms with Crippen LogP contribution in [0.1, 0.15) is 19.8 Å². The molecular weight excluding hydrogens is 298 g/mol. The molecule has 0 bridgehead atoms. The number of nitrogens with one attached hydrogen (secondary N) is 1. The highest BCUT2D eigenvalue weighted by molar-refractivity contribution is 6.31. The lowest BCUT2D eigenvalue weighted by Gasteiger charge is -2.35. The van der Waals surface area contributed by atoms with Crippen LogP contribution in [0.3, 0.4) is 0 Å². The lowest BCUT2D eigenvalue weighted by atomic mass is 9.97. The zero-order valence-electron chi connectivity index (χ0n) is 12.7. The fourth-order valence-electron chi connectivity index (χ4n) is 3.12. The predicted molar refractivity (Wildman–Crippen MR) is 90.4 cm³/mol. The summed E-state index contributed by atoms with van der Waals surface area (Å²) in [5.41, 5.74) is 2.13. The van der Waals surface area contributed by atoms with E-state index in [1.807, 2.05) is 24.4 Å². The molecule has 1 N–H and O–H groups in total. The second-order valence-corrected chi connectivity index (χ2v) is 6.32. The minimum absolute atomic E-state index is 0.0427. The number of fused-ring (bicyclic) bond motifs is 1. The summed E-state index contributed by atoms with van der Waals surface area (Å²) in [4.78, 5) is 17.9. The van der Waals surface area contributed by atoms with Gasteiger partial charge in [0.25, 0.3) is 0 Å². The molecule has 3 rings (SSSR count). The van der Waals surface area contributed by atoms with Gasteiger partial charge in [0.05, 0.1) is 5.52 Å². The van der Waals surface area contributed by atoms with E-state index in [2.05, 4.69) is 21.3 Å². The molecule has 1 aliphatic rings. The molecule has 1 saturated heterocycles.